The Bertz CT molecular complexity index is 1300. The van der Waals surface area contributed by atoms with Crippen molar-refractivity contribution in [3.63, 3.8) is 0 Å². The lowest BCUT2D eigenvalue weighted by Crippen LogP contribution is -2.31. The third-order valence-electron chi connectivity index (χ3n) is 4.83. The predicted octanol–water partition coefficient (Wildman–Crippen LogP) is 2.27. The van der Waals surface area contributed by atoms with Crippen molar-refractivity contribution in [1.82, 2.24) is 29.8 Å². The van der Waals surface area contributed by atoms with Crippen LogP contribution in [0, 0.1) is 0 Å². The molecule has 0 unspecified atom stereocenters. The van der Waals surface area contributed by atoms with Gasteiger partial charge in [0.15, 0.2) is 0 Å². The van der Waals surface area contributed by atoms with Crippen molar-refractivity contribution in [3.05, 3.63) is 70.3 Å². The molecule has 0 saturated heterocycles. The molecule has 0 fully saturated rings. The van der Waals surface area contributed by atoms with Crippen molar-refractivity contribution in [2.75, 3.05) is 0 Å². The molecule has 31 heavy (non-hydrogen) atoms. The fourth-order valence-electron chi connectivity index (χ4n) is 3.20. The highest BCUT2D eigenvalue weighted by Crippen LogP contribution is 2.23. The van der Waals surface area contributed by atoms with Crippen LogP contribution in [0.5, 0.6) is 0 Å². The third-order valence-corrected chi connectivity index (χ3v) is 5.75. The summed E-state index contributed by atoms with van der Waals surface area (Å²) < 4.78 is 2.94. The van der Waals surface area contributed by atoms with Crippen LogP contribution in [-0.2, 0) is 17.1 Å². The average molecular weight is 436 g/mol. The second-order valence-corrected chi connectivity index (χ2v) is 8.25. The number of hydrogen-bond acceptors (Lipinski definition) is 7. The lowest BCUT2D eigenvalue weighted by atomic mass is 10.0. The summed E-state index contributed by atoms with van der Waals surface area (Å²) in [6.45, 7) is 4.03. The van der Waals surface area contributed by atoms with Gasteiger partial charge in [0, 0.05) is 0 Å². The molecule has 0 atom stereocenters. The lowest BCUT2D eigenvalue weighted by molar-refractivity contribution is -0.118. The molecule has 0 aliphatic carbocycles. The van der Waals surface area contributed by atoms with E-state index in [0.29, 0.717) is 27.8 Å². The van der Waals surface area contributed by atoms with Gasteiger partial charge in [-0.15, -0.1) is 5.10 Å². The highest BCUT2D eigenvalue weighted by Gasteiger charge is 2.16. The summed E-state index contributed by atoms with van der Waals surface area (Å²) in [5, 5.41) is 13.0. The molecule has 0 spiro atoms. The second-order valence-electron chi connectivity index (χ2n) is 7.31. The summed E-state index contributed by atoms with van der Waals surface area (Å²) in [5.74, 6) is 0.535. The van der Waals surface area contributed by atoms with E-state index in [9.17, 15) is 9.59 Å². The number of nitrogens with two attached hydrogens (primary N) is 1. The van der Waals surface area contributed by atoms with Crippen LogP contribution in [-0.4, -0.2) is 35.7 Å². The highest BCUT2D eigenvalue weighted by molar-refractivity contribution is 7.98. The van der Waals surface area contributed by atoms with Gasteiger partial charge in [-0.25, -0.2) is 4.98 Å². The Morgan fingerprint density at radius 1 is 1.13 bits per heavy atom. The van der Waals surface area contributed by atoms with Gasteiger partial charge in [-0.05, 0) is 46.2 Å². The normalized spacial score (nSPS) is 11.3. The molecule has 0 bridgehead atoms. The van der Waals surface area contributed by atoms with E-state index in [1.165, 1.54) is 21.9 Å². The number of carbonyl (C=O) groups is 1. The smallest absolute Gasteiger partial charge is 0.261 e. The molecule has 2 aromatic heterocycles. The van der Waals surface area contributed by atoms with E-state index in [1.54, 1.807) is 22.9 Å². The molecule has 0 saturated carbocycles. The third kappa shape index (κ3) is 4.33. The summed E-state index contributed by atoms with van der Waals surface area (Å²) in [4.78, 5) is 29.0. The molecule has 158 valence electrons. The number of carbonyl (C=O) groups excluding carboxylic acids is 1. The molecule has 0 aliphatic heterocycles. The number of thioether (sulfide) groups is 1. The number of para-hydroxylation sites is 1. The van der Waals surface area contributed by atoms with Crippen LogP contribution >= 0.6 is 11.8 Å². The number of rotatable bonds is 7. The number of hydrogen-bond donors (Lipinski definition) is 1. The maximum absolute atomic E-state index is 12.9. The minimum atomic E-state index is -0.611. The SMILES string of the molecule is CC(C)c1ccc(-n2nnnc2SCc2nc3ccccc3c(=O)n2CC(N)=O)cc1. The van der Waals surface area contributed by atoms with Gasteiger partial charge in [0.2, 0.25) is 11.1 Å². The van der Waals surface area contributed by atoms with Crippen molar-refractivity contribution >= 4 is 28.6 Å². The van der Waals surface area contributed by atoms with E-state index in [-0.39, 0.29) is 17.9 Å². The van der Waals surface area contributed by atoms with E-state index in [0.717, 1.165) is 5.69 Å². The largest absolute Gasteiger partial charge is 0.368 e. The molecule has 4 aromatic rings. The number of benzene rings is 2. The van der Waals surface area contributed by atoms with E-state index in [1.807, 2.05) is 30.3 Å². The first-order chi connectivity index (χ1) is 14.9. The zero-order valence-corrected chi connectivity index (χ0v) is 17.9. The topological polar surface area (TPSA) is 122 Å². The summed E-state index contributed by atoms with van der Waals surface area (Å²) in [6, 6.07) is 15.0. The Morgan fingerprint density at radius 3 is 2.58 bits per heavy atom. The molecule has 4 rings (SSSR count). The number of aromatic nitrogens is 6. The summed E-state index contributed by atoms with van der Waals surface area (Å²) in [7, 11) is 0. The van der Waals surface area contributed by atoms with Crippen LogP contribution < -0.4 is 11.3 Å². The molecule has 10 heteroatoms. The fourth-order valence-corrected chi connectivity index (χ4v) is 4.04. The van der Waals surface area contributed by atoms with Gasteiger partial charge in [-0.2, -0.15) is 4.68 Å². The summed E-state index contributed by atoms with van der Waals surface area (Å²) >= 11 is 1.32. The molecular weight excluding hydrogens is 414 g/mol. The maximum Gasteiger partial charge on any atom is 0.261 e. The van der Waals surface area contributed by atoms with Crippen LogP contribution in [0.3, 0.4) is 0 Å². The fraction of sp³-hybridized carbons (Fsp3) is 0.238. The first-order valence-electron chi connectivity index (χ1n) is 9.72. The van der Waals surface area contributed by atoms with E-state index < -0.39 is 5.91 Å². The van der Waals surface area contributed by atoms with Gasteiger partial charge in [0.25, 0.3) is 5.56 Å². The molecule has 9 nitrogen and oxygen atoms in total. The average Bonchev–Trinajstić information content (AvgIpc) is 3.23. The van der Waals surface area contributed by atoms with Crippen molar-refractivity contribution in [3.8, 4) is 5.69 Å². The van der Waals surface area contributed by atoms with Crippen molar-refractivity contribution in [2.45, 2.75) is 37.2 Å². The number of nitrogens with zero attached hydrogens (tertiary/aromatic N) is 6. The van der Waals surface area contributed by atoms with E-state index in [4.69, 9.17) is 5.73 Å². The second kappa shape index (κ2) is 8.68. The van der Waals surface area contributed by atoms with Crippen molar-refractivity contribution in [1.29, 1.82) is 0 Å². The molecule has 0 radical (unpaired) electrons. The predicted molar refractivity (Wildman–Crippen MR) is 118 cm³/mol. The van der Waals surface area contributed by atoms with Gasteiger partial charge < -0.3 is 5.73 Å². The van der Waals surface area contributed by atoms with Gasteiger partial charge in [-0.1, -0.05) is 49.9 Å². The first kappa shape index (κ1) is 20.7. The monoisotopic (exact) mass is 435 g/mol. The van der Waals surface area contributed by atoms with Crippen LogP contribution in [0.1, 0.15) is 31.2 Å². The molecule has 2 heterocycles. The Labute approximate surface area is 182 Å². The van der Waals surface area contributed by atoms with Gasteiger partial charge >= 0.3 is 0 Å². The van der Waals surface area contributed by atoms with Crippen LogP contribution in [0.2, 0.25) is 0 Å². The number of fused-ring (bicyclic) bond motifs is 1. The molecule has 2 aromatic carbocycles. The minimum absolute atomic E-state index is 0.242. The summed E-state index contributed by atoms with van der Waals surface area (Å²) in [5.41, 5.74) is 7.68. The van der Waals surface area contributed by atoms with Crippen LogP contribution in [0.25, 0.3) is 16.6 Å². The Hall–Kier alpha value is -3.53. The maximum atomic E-state index is 12.9. The van der Waals surface area contributed by atoms with Gasteiger partial charge in [-0.3, -0.25) is 14.2 Å². The molecular formula is C21H21N7O2S. The minimum Gasteiger partial charge on any atom is -0.368 e. The zero-order valence-electron chi connectivity index (χ0n) is 17.1. The Kier molecular flexibility index (Phi) is 5.81. The molecule has 0 aliphatic rings. The molecule has 1 amide bonds. The van der Waals surface area contributed by atoms with Crippen LogP contribution in [0.15, 0.2) is 58.5 Å². The van der Waals surface area contributed by atoms with Crippen molar-refractivity contribution in [2.24, 2.45) is 5.73 Å². The number of tetrazole rings is 1. The van der Waals surface area contributed by atoms with Gasteiger partial charge in [0.05, 0.1) is 22.3 Å². The number of amides is 1. The Morgan fingerprint density at radius 2 is 1.87 bits per heavy atom. The Balaban J connectivity index is 1.65. The van der Waals surface area contributed by atoms with Crippen molar-refractivity contribution < 1.29 is 4.79 Å². The lowest BCUT2D eigenvalue weighted by Gasteiger charge is -2.12. The quantitative estimate of drug-likeness (QED) is 0.442. The standard InChI is InChI=1S/C21H21N7O2S/c1-13(2)14-7-9-15(10-8-14)28-21(24-25-26-28)31-12-19-23-17-6-4-3-5-16(17)20(30)27(19)11-18(22)29/h3-10,13H,11-12H2,1-2H3,(H2,22,29). The number of primary amides is 1. The highest BCUT2D eigenvalue weighted by atomic mass is 32.2. The molecule has 2 N–H and O–H groups in total. The summed E-state index contributed by atoms with van der Waals surface area (Å²) in [6.07, 6.45) is 0. The van der Waals surface area contributed by atoms with E-state index in [2.05, 4.69) is 34.4 Å². The van der Waals surface area contributed by atoms with E-state index >= 15 is 0 Å². The first-order valence-corrected chi connectivity index (χ1v) is 10.7. The zero-order chi connectivity index (χ0) is 22.0. The van der Waals surface area contributed by atoms with Gasteiger partial charge in [0.1, 0.15) is 12.4 Å². The van der Waals surface area contributed by atoms with Crippen LogP contribution in [0.4, 0.5) is 0 Å².